The number of anilines is 2. The molecular formula is C25H24F2N4O4. The summed E-state index contributed by atoms with van der Waals surface area (Å²) in [6, 6.07) is 5.48. The van der Waals surface area contributed by atoms with E-state index in [-0.39, 0.29) is 53.1 Å². The van der Waals surface area contributed by atoms with E-state index < -0.39 is 17.6 Å². The van der Waals surface area contributed by atoms with Crippen LogP contribution in [0.15, 0.2) is 33.5 Å². The molecule has 0 radical (unpaired) electrons. The number of nitrogens with two attached hydrogens (primary N) is 1. The van der Waals surface area contributed by atoms with Crippen molar-refractivity contribution in [2.24, 2.45) is 0 Å². The van der Waals surface area contributed by atoms with Crippen molar-refractivity contribution >= 4 is 39.7 Å². The number of carbonyl (C=O) groups excluding carboxylic acids is 1. The van der Waals surface area contributed by atoms with Gasteiger partial charge in [0.25, 0.3) is 11.6 Å². The van der Waals surface area contributed by atoms with Crippen molar-refractivity contribution < 1.29 is 22.7 Å². The van der Waals surface area contributed by atoms with Crippen LogP contribution in [0.3, 0.4) is 0 Å². The highest BCUT2D eigenvalue weighted by molar-refractivity contribution is 6.04. The minimum Gasteiger partial charge on any atom is -0.465 e. The first-order valence-electron chi connectivity index (χ1n) is 11.3. The molecule has 1 aliphatic rings. The maximum absolute atomic E-state index is 14.8. The monoisotopic (exact) mass is 482 g/mol. The van der Waals surface area contributed by atoms with E-state index in [0.717, 1.165) is 25.0 Å². The zero-order valence-corrected chi connectivity index (χ0v) is 19.5. The molecule has 2 heterocycles. The standard InChI is InChI=1S/C25H24F2N4O4/c1-4-34-20(32)11-30(3)25-29-21-23(35-25)15-8-7-14(16-9-18(27)19(28)10-17(16)26)12(2)22(15)31(24(21)33)13-5-6-13/h7-10,13H,4-6,11,28H2,1-3H3. The van der Waals surface area contributed by atoms with Gasteiger partial charge in [-0.15, -0.1) is 0 Å². The van der Waals surface area contributed by atoms with Gasteiger partial charge in [-0.3, -0.25) is 9.59 Å². The van der Waals surface area contributed by atoms with E-state index in [1.54, 1.807) is 37.6 Å². The predicted molar refractivity (Wildman–Crippen MR) is 128 cm³/mol. The lowest BCUT2D eigenvalue weighted by molar-refractivity contribution is -0.141. The van der Waals surface area contributed by atoms with Gasteiger partial charge in [0.05, 0.1) is 17.8 Å². The number of nitrogens with zero attached hydrogens (tertiary/aromatic N) is 3. The van der Waals surface area contributed by atoms with Crippen LogP contribution in [0.1, 0.15) is 31.4 Å². The Balaban J connectivity index is 1.74. The highest BCUT2D eigenvalue weighted by Crippen LogP contribution is 2.41. The number of benzene rings is 2. The fraction of sp³-hybridized carbons (Fsp3) is 0.320. The van der Waals surface area contributed by atoms with E-state index in [1.807, 2.05) is 0 Å². The average molecular weight is 482 g/mol. The summed E-state index contributed by atoms with van der Waals surface area (Å²) in [5.74, 6) is -1.83. The molecule has 35 heavy (non-hydrogen) atoms. The largest absolute Gasteiger partial charge is 0.465 e. The molecule has 0 bridgehead atoms. The van der Waals surface area contributed by atoms with Gasteiger partial charge in [-0.2, -0.15) is 4.98 Å². The lowest BCUT2D eigenvalue weighted by atomic mass is 9.96. The second-order valence-electron chi connectivity index (χ2n) is 8.73. The van der Waals surface area contributed by atoms with Crippen LogP contribution in [-0.4, -0.2) is 35.7 Å². The van der Waals surface area contributed by atoms with Crippen LogP contribution < -0.4 is 16.2 Å². The van der Waals surface area contributed by atoms with Crippen molar-refractivity contribution in [1.82, 2.24) is 9.55 Å². The number of esters is 1. The van der Waals surface area contributed by atoms with Crippen LogP contribution in [0.4, 0.5) is 20.5 Å². The van der Waals surface area contributed by atoms with Crippen LogP contribution in [0.25, 0.3) is 33.1 Å². The minimum absolute atomic E-state index is 0.0197. The number of hydrogen-bond acceptors (Lipinski definition) is 7. The Morgan fingerprint density at radius 1 is 1.26 bits per heavy atom. The summed E-state index contributed by atoms with van der Waals surface area (Å²) in [6.45, 7) is 3.63. The summed E-state index contributed by atoms with van der Waals surface area (Å²) in [7, 11) is 1.62. The topological polar surface area (TPSA) is 104 Å². The first-order chi connectivity index (χ1) is 16.7. The van der Waals surface area contributed by atoms with Gasteiger partial charge in [0.1, 0.15) is 18.2 Å². The summed E-state index contributed by atoms with van der Waals surface area (Å²) in [5, 5.41) is 0.618. The maximum Gasteiger partial charge on any atom is 0.325 e. The van der Waals surface area contributed by atoms with Gasteiger partial charge in [0.15, 0.2) is 11.1 Å². The maximum atomic E-state index is 14.8. The van der Waals surface area contributed by atoms with Crippen LogP contribution in [0.5, 0.6) is 0 Å². The quantitative estimate of drug-likeness (QED) is 0.323. The SMILES string of the molecule is CCOC(=O)CN(C)c1nc2c(=O)n(C3CC3)c3c(C)c(-c4cc(F)c(N)cc4F)ccc3c2o1. The third-order valence-corrected chi connectivity index (χ3v) is 6.24. The summed E-state index contributed by atoms with van der Waals surface area (Å²) in [5.41, 5.74) is 7.00. The van der Waals surface area contributed by atoms with E-state index >= 15 is 0 Å². The molecule has 1 saturated carbocycles. The molecule has 5 rings (SSSR count). The van der Waals surface area contributed by atoms with E-state index in [2.05, 4.69) is 4.98 Å². The van der Waals surface area contributed by atoms with E-state index in [1.165, 1.54) is 4.90 Å². The number of fused-ring (bicyclic) bond motifs is 3. The lowest BCUT2D eigenvalue weighted by Gasteiger charge is -2.16. The molecule has 0 aliphatic heterocycles. The zero-order valence-electron chi connectivity index (χ0n) is 19.5. The summed E-state index contributed by atoms with van der Waals surface area (Å²) < 4.78 is 41.6. The minimum atomic E-state index is -0.722. The Morgan fingerprint density at radius 3 is 2.69 bits per heavy atom. The average Bonchev–Trinajstić information content (AvgIpc) is 3.53. The molecule has 182 valence electrons. The fourth-order valence-electron chi connectivity index (χ4n) is 4.42. The van der Waals surface area contributed by atoms with Crippen molar-refractivity contribution in [3.8, 4) is 11.1 Å². The number of aromatic nitrogens is 2. The van der Waals surface area contributed by atoms with Crippen LogP contribution in [-0.2, 0) is 9.53 Å². The van der Waals surface area contributed by atoms with E-state index in [0.29, 0.717) is 22.0 Å². The van der Waals surface area contributed by atoms with Crippen molar-refractivity contribution in [3.63, 3.8) is 0 Å². The number of carbonyl (C=O) groups is 1. The normalized spacial score (nSPS) is 13.5. The second kappa shape index (κ2) is 8.37. The molecule has 1 fully saturated rings. The fourth-order valence-corrected chi connectivity index (χ4v) is 4.42. The molecule has 2 N–H and O–H groups in total. The third kappa shape index (κ3) is 3.78. The van der Waals surface area contributed by atoms with Crippen LogP contribution in [0.2, 0.25) is 0 Å². The highest BCUT2D eigenvalue weighted by Gasteiger charge is 2.31. The number of halogens is 2. The Bertz CT molecular complexity index is 1560. The van der Waals surface area contributed by atoms with Gasteiger partial charge in [0, 0.05) is 30.1 Å². The number of hydrogen-bond donors (Lipinski definition) is 1. The van der Waals surface area contributed by atoms with Gasteiger partial charge in [0.2, 0.25) is 0 Å². The van der Waals surface area contributed by atoms with Crippen molar-refractivity contribution in [2.75, 3.05) is 30.8 Å². The summed E-state index contributed by atoms with van der Waals surface area (Å²) in [6.07, 6.45) is 1.64. The molecule has 0 atom stereocenters. The number of rotatable bonds is 6. The number of ether oxygens (including phenoxy) is 1. The van der Waals surface area contributed by atoms with Crippen molar-refractivity contribution in [1.29, 1.82) is 0 Å². The molecule has 8 nitrogen and oxygen atoms in total. The van der Waals surface area contributed by atoms with Gasteiger partial charge in [-0.05, 0) is 49.9 Å². The van der Waals surface area contributed by atoms with Crippen molar-refractivity contribution in [3.05, 3.63) is 51.8 Å². The summed E-state index contributed by atoms with van der Waals surface area (Å²) in [4.78, 5) is 31.3. The Kier molecular flexibility index (Phi) is 5.46. The van der Waals surface area contributed by atoms with Gasteiger partial charge in [-0.1, -0.05) is 6.07 Å². The number of aryl methyl sites for hydroxylation is 1. The molecule has 1 aliphatic carbocycles. The van der Waals surface area contributed by atoms with Gasteiger partial charge >= 0.3 is 5.97 Å². The molecule has 2 aromatic carbocycles. The van der Waals surface area contributed by atoms with Gasteiger partial charge < -0.3 is 24.4 Å². The second-order valence-corrected chi connectivity index (χ2v) is 8.73. The molecule has 0 saturated heterocycles. The lowest BCUT2D eigenvalue weighted by Crippen LogP contribution is -2.27. The van der Waals surface area contributed by atoms with Crippen molar-refractivity contribution in [2.45, 2.75) is 32.7 Å². The summed E-state index contributed by atoms with van der Waals surface area (Å²) >= 11 is 0. The first-order valence-corrected chi connectivity index (χ1v) is 11.3. The number of oxazole rings is 1. The number of likely N-dealkylation sites (N-methyl/N-ethyl adjacent to an activating group) is 1. The van der Waals surface area contributed by atoms with E-state index in [4.69, 9.17) is 14.9 Å². The number of nitrogen functional groups attached to an aromatic ring is 1. The van der Waals surface area contributed by atoms with Gasteiger partial charge in [-0.25, -0.2) is 8.78 Å². The smallest absolute Gasteiger partial charge is 0.325 e. The Morgan fingerprint density at radius 2 is 2.00 bits per heavy atom. The number of pyridine rings is 1. The third-order valence-electron chi connectivity index (χ3n) is 6.24. The Labute approximate surface area is 198 Å². The van der Waals surface area contributed by atoms with Crippen LogP contribution >= 0.6 is 0 Å². The molecule has 10 heteroatoms. The molecular weight excluding hydrogens is 458 g/mol. The zero-order chi connectivity index (χ0) is 25.0. The highest BCUT2D eigenvalue weighted by atomic mass is 19.1. The molecule has 0 amide bonds. The first kappa shape index (κ1) is 22.8. The van der Waals surface area contributed by atoms with E-state index in [9.17, 15) is 18.4 Å². The molecule has 4 aromatic rings. The predicted octanol–water partition coefficient (Wildman–Crippen LogP) is 4.31. The molecule has 0 unspecified atom stereocenters. The molecule has 0 spiro atoms. The van der Waals surface area contributed by atoms with Crippen LogP contribution in [0, 0.1) is 18.6 Å². The molecule has 2 aromatic heterocycles. The Hall–Kier alpha value is -3.95.